The molecule has 1 unspecified atom stereocenters. The summed E-state index contributed by atoms with van der Waals surface area (Å²) in [4.78, 5) is 12.3. The van der Waals surface area contributed by atoms with Crippen molar-refractivity contribution < 1.29 is 9.53 Å². The fraction of sp³-hybridized carbons (Fsp3) is 0.471. The normalized spacial score (nSPS) is 12.1. The smallest absolute Gasteiger partial charge is 0.233 e. The van der Waals surface area contributed by atoms with Gasteiger partial charge < -0.3 is 14.6 Å². The molecule has 130 valence electrons. The number of benzene rings is 1. The highest BCUT2D eigenvalue weighted by Gasteiger charge is 2.17. The van der Waals surface area contributed by atoms with E-state index >= 15 is 0 Å². The van der Waals surface area contributed by atoms with Crippen molar-refractivity contribution in [2.75, 3.05) is 13.7 Å². The molecule has 24 heavy (non-hydrogen) atoms. The molecule has 1 aromatic heterocycles. The molecule has 0 fully saturated rings. The Bertz CT molecular complexity index is 642. The number of ether oxygens (including phenoxy) is 1. The summed E-state index contributed by atoms with van der Waals surface area (Å²) in [5, 5.41) is 11.5. The molecule has 0 saturated heterocycles. The van der Waals surface area contributed by atoms with Crippen molar-refractivity contribution in [2.45, 2.75) is 43.8 Å². The minimum Gasteiger partial charge on any atom is -0.385 e. The van der Waals surface area contributed by atoms with E-state index in [1.54, 1.807) is 13.4 Å². The van der Waals surface area contributed by atoms with Crippen LogP contribution in [0.25, 0.3) is 0 Å². The quantitative estimate of drug-likeness (QED) is 0.557. The molecule has 1 aromatic carbocycles. The number of carbonyl (C=O) groups excluding carboxylic acids is 1. The molecule has 2 aromatic rings. The molecule has 1 heterocycles. The maximum Gasteiger partial charge on any atom is 0.233 e. The molecular formula is C17H24N4O2S. The zero-order chi connectivity index (χ0) is 17.4. The van der Waals surface area contributed by atoms with E-state index in [-0.39, 0.29) is 11.2 Å². The molecule has 1 amide bonds. The molecule has 2 rings (SSSR count). The van der Waals surface area contributed by atoms with Gasteiger partial charge in [-0.25, -0.2) is 0 Å². The van der Waals surface area contributed by atoms with E-state index in [0.717, 1.165) is 23.7 Å². The molecule has 0 aliphatic rings. The van der Waals surface area contributed by atoms with Gasteiger partial charge in [0.05, 0.1) is 5.25 Å². The molecule has 0 saturated carbocycles. The van der Waals surface area contributed by atoms with Gasteiger partial charge in [-0.2, -0.15) is 0 Å². The van der Waals surface area contributed by atoms with Gasteiger partial charge in [0.15, 0.2) is 5.16 Å². The molecule has 0 radical (unpaired) electrons. The van der Waals surface area contributed by atoms with E-state index in [0.29, 0.717) is 13.2 Å². The Morgan fingerprint density at radius 3 is 2.83 bits per heavy atom. The van der Waals surface area contributed by atoms with Crippen molar-refractivity contribution in [2.24, 2.45) is 0 Å². The van der Waals surface area contributed by atoms with Gasteiger partial charge in [-0.1, -0.05) is 41.6 Å². The van der Waals surface area contributed by atoms with Crippen LogP contribution in [0.4, 0.5) is 0 Å². The molecule has 0 spiro atoms. The summed E-state index contributed by atoms with van der Waals surface area (Å²) in [6.07, 6.45) is 2.57. The molecular weight excluding hydrogens is 324 g/mol. The van der Waals surface area contributed by atoms with Gasteiger partial charge in [-0.3, -0.25) is 4.79 Å². The van der Waals surface area contributed by atoms with Gasteiger partial charge >= 0.3 is 0 Å². The van der Waals surface area contributed by atoms with Crippen molar-refractivity contribution in [1.29, 1.82) is 0 Å². The van der Waals surface area contributed by atoms with Gasteiger partial charge in [0.1, 0.15) is 6.33 Å². The highest BCUT2D eigenvalue weighted by Crippen LogP contribution is 2.21. The summed E-state index contributed by atoms with van der Waals surface area (Å²) in [6.45, 7) is 5.92. The van der Waals surface area contributed by atoms with E-state index in [4.69, 9.17) is 4.74 Å². The lowest BCUT2D eigenvalue weighted by Gasteiger charge is -2.12. The maximum atomic E-state index is 12.3. The molecule has 0 aliphatic heterocycles. The first kappa shape index (κ1) is 18.5. The number of carbonyl (C=O) groups is 1. The van der Waals surface area contributed by atoms with E-state index in [9.17, 15) is 4.79 Å². The lowest BCUT2D eigenvalue weighted by molar-refractivity contribution is -0.120. The number of hydrogen-bond donors (Lipinski definition) is 1. The topological polar surface area (TPSA) is 69.0 Å². The van der Waals surface area contributed by atoms with E-state index < -0.39 is 0 Å². The summed E-state index contributed by atoms with van der Waals surface area (Å²) < 4.78 is 7.01. The number of thioether (sulfide) groups is 1. The zero-order valence-corrected chi connectivity index (χ0v) is 15.2. The van der Waals surface area contributed by atoms with Crippen LogP contribution in [0.15, 0.2) is 35.7 Å². The van der Waals surface area contributed by atoms with Crippen LogP contribution in [0.2, 0.25) is 0 Å². The highest BCUT2D eigenvalue weighted by molar-refractivity contribution is 8.00. The second-order valence-corrected chi connectivity index (χ2v) is 6.92. The SMILES string of the molecule is COCCCn1cnnc1SC(C)C(=O)NCc1ccc(C)cc1. The van der Waals surface area contributed by atoms with Crippen molar-refractivity contribution in [3.63, 3.8) is 0 Å². The fourth-order valence-corrected chi connectivity index (χ4v) is 2.99. The largest absolute Gasteiger partial charge is 0.385 e. The molecule has 0 aliphatic carbocycles. The second kappa shape index (κ2) is 9.44. The van der Waals surface area contributed by atoms with Crippen LogP contribution in [0.1, 0.15) is 24.5 Å². The maximum absolute atomic E-state index is 12.3. The second-order valence-electron chi connectivity index (χ2n) is 5.62. The first-order valence-corrected chi connectivity index (χ1v) is 8.84. The van der Waals surface area contributed by atoms with Crippen LogP contribution in [0, 0.1) is 6.92 Å². The Balaban J connectivity index is 1.83. The van der Waals surface area contributed by atoms with Crippen LogP contribution in [0.5, 0.6) is 0 Å². The third-order valence-electron chi connectivity index (χ3n) is 3.57. The Kier molecular flexibility index (Phi) is 7.27. The van der Waals surface area contributed by atoms with Crippen LogP contribution >= 0.6 is 11.8 Å². The van der Waals surface area contributed by atoms with Crippen LogP contribution < -0.4 is 5.32 Å². The molecule has 7 heteroatoms. The van der Waals surface area contributed by atoms with E-state index in [1.807, 2.05) is 42.7 Å². The Morgan fingerprint density at radius 2 is 2.12 bits per heavy atom. The Labute approximate surface area is 147 Å². The monoisotopic (exact) mass is 348 g/mol. The number of methoxy groups -OCH3 is 1. The lowest BCUT2D eigenvalue weighted by Crippen LogP contribution is -2.30. The number of aromatic nitrogens is 3. The number of aryl methyl sites for hydroxylation is 2. The van der Waals surface area contributed by atoms with E-state index in [1.165, 1.54) is 17.3 Å². The summed E-state index contributed by atoms with van der Waals surface area (Å²) in [5.74, 6) is -0.00739. The lowest BCUT2D eigenvalue weighted by atomic mass is 10.1. The number of nitrogens with zero attached hydrogens (tertiary/aromatic N) is 3. The van der Waals surface area contributed by atoms with Crippen molar-refractivity contribution in [3.8, 4) is 0 Å². The van der Waals surface area contributed by atoms with Crippen molar-refractivity contribution in [1.82, 2.24) is 20.1 Å². The third kappa shape index (κ3) is 5.65. The minimum atomic E-state index is -0.235. The van der Waals surface area contributed by atoms with Crippen LogP contribution in [-0.2, 0) is 22.6 Å². The summed E-state index contributed by atoms with van der Waals surface area (Å²) in [7, 11) is 1.68. The predicted molar refractivity (Wildman–Crippen MR) is 94.9 cm³/mol. The Hall–Kier alpha value is -1.86. The average molecular weight is 348 g/mol. The number of rotatable bonds is 9. The standard InChI is InChI=1S/C17H24N4O2S/c1-13-5-7-15(8-6-13)11-18-16(22)14(2)24-17-20-19-12-21(17)9-4-10-23-3/h5-8,12,14H,4,9-11H2,1-3H3,(H,18,22). The number of hydrogen-bond acceptors (Lipinski definition) is 5. The fourth-order valence-electron chi connectivity index (χ4n) is 2.12. The zero-order valence-electron chi connectivity index (χ0n) is 14.4. The summed E-state index contributed by atoms with van der Waals surface area (Å²) in [6, 6.07) is 8.14. The molecule has 1 N–H and O–H groups in total. The molecule has 6 nitrogen and oxygen atoms in total. The Morgan fingerprint density at radius 1 is 1.38 bits per heavy atom. The van der Waals surface area contributed by atoms with Gasteiger partial charge in [0.2, 0.25) is 5.91 Å². The van der Waals surface area contributed by atoms with Gasteiger partial charge in [-0.15, -0.1) is 10.2 Å². The van der Waals surface area contributed by atoms with Gasteiger partial charge in [-0.05, 0) is 25.8 Å². The summed E-state index contributed by atoms with van der Waals surface area (Å²) >= 11 is 1.42. The average Bonchev–Trinajstić information content (AvgIpc) is 3.01. The predicted octanol–water partition coefficient (Wildman–Crippen LogP) is 2.42. The van der Waals surface area contributed by atoms with Crippen LogP contribution in [0.3, 0.4) is 0 Å². The summed E-state index contributed by atoms with van der Waals surface area (Å²) in [5.41, 5.74) is 2.30. The first-order chi connectivity index (χ1) is 11.6. The third-order valence-corrected chi connectivity index (χ3v) is 4.66. The number of nitrogens with one attached hydrogen (secondary N) is 1. The van der Waals surface area contributed by atoms with Crippen molar-refractivity contribution in [3.05, 3.63) is 41.7 Å². The van der Waals surface area contributed by atoms with E-state index in [2.05, 4.69) is 15.5 Å². The van der Waals surface area contributed by atoms with Gasteiger partial charge in [0.25, 0.3) is 0 Å². The first-order valence-electron chi connectivity index (χ1n) is 7.97. The van der Waals surface area contributed by atoms with Gasteiger partial charge in [0, 0.05) is 26.8 Å². The number of amides is 1. The molecule has 0 bridgehead atoms. The van der Waals surface area contributed by atoms with Crippen LogP contribution in [-0.4, -0.2) is 39.6 Å². The highest BCUT2D eigenvalue weighted by atomic mass is 32.2. The molecule has 1 atom stereocenters. The minimum absolute atomic E-state index is 0.00739. The van der Waals surface area contributed by atoms with Crippen molar-refractivity contribution >= 4 is 17.7 Å².